The Kier molecular flexibility index (Phi) is 2.18. The smallest absolute Gasteiger partial charge is 0.0323 e. The van der Waals surface area contributed by atoms with Crippen LogP contribution in [0.25, 0.3) is 0 Å². The van der Waals surface area contributed by atoms with Crippen LogP contribution < -0.4 is 0 Å². The van der Waals surface area contributed by atoms with Crippen molar-refractivity contribution in [1.29, 1.82) is 0 Å². The molecule has 0 bridgehead atoms. The van der Waals surface area contributed by atoms with Crippen LogP contribution in [0.15, 0.2) is 12.7 Å². The van der Waals surface area contributed by atoms with Gasteiger partial charge in [0, 0.05) is 0 Å². The Morgan fingerprint density at radius 2 is 2.20 bits per heavy atom. The summed E-state index contributed by atoms with van der Waals surface area (Å²) < 4.78 is 0. The molecule has 0 aromatic heterocycles. The van der Waals surface area contributed by atoms with Crippen molar-refractivity contribution in [2.75, 3.05) is 0 Å². The molecule has 0 N–H and O–H groups in total. The van der Waals surface area contributed by atoms with Crippen LogP contribution in [0.2, 0.25) is 0 Å². The van der Waals surface area contributed by atoms with E-state index in [1.165, 1.54) is 25.7 Å². The molecule has 0 radical (unpaired) electrons. The Balaban J connectivity index is 2.02. The van der Waals surface area contributed by atoms with Gasteiger partial charge in [0.25, 0.3) is 0 Å². The molecule has 1 fully saturated rings. The maximum atomic E-state index is 3.71. The van der Waals surface area contributed by atoms with Gasteiger partial charge in [-0.1, -0.05) is 19.9 Å². The Morgan fingerprint density at radius 1 is 1.60 bits per heavy atom. The van der Waals surface area contributed by atoms with Gasteiger partial charge in [0.05, 0.1) is 0 Å². The fourth-order valence-electron chi connectivity index (χ4n) is 1.58. The van der Waals surface area contributed by atoms with Crippen LogP contribution in [0.1, 0.15) is 39.5 Å². The maximum Gasteiger partial charge on any atom is -0.0323 e. The summed E-state index contributed by atoms with van der Waals surface area (Å²) in [7, 11) is 0. The highest BCUT2D eigenvalue weighted by Crippen LogP contribution is 2.54. The van der Waals surface area contributed by atoms with Gasteiger partial charge in [0.2, 0.25) is 0 Å². The van der Waals surface area contributed by atoms with Gasteiger partial charge in [0.1, 0.15) is 0 Å². The highest BCUT2D eigenvalue weighted by atomic mass is 14.5. The van der Waals surface area contributed by atoms with Crippen molar-refractivity contribution in [3.05, 3.63) is 12.7 Å². The van der Waals surface area contributed by atoms with Crippen LogP contribution in [-0.2, 0) is 0 Å². The van der Waals surface area contributed by atoms with E-state index in [1.807, 2.05) is 6.08 Å². The topological polar surface area (TPSA) is 0 Å². The molecule has 0 aromatic rings. The molecule has 1 unspecified atom stereocenters. The molecule has 1 aliphatic carbocycles. The molecule has 0 aliphatic heterocycles. The van der Waals surface area contributed by atoms with Crippen molar-refractivity contribution in [2.24, 2.45) is 11.3 Å². The predicted molar refractivity (Wildman–Crippen MR) is 45.9 cm³/mol. The Morgan fingerprint density at radius 3 is 2.60 bits per heavy atom. The summed E-state index contributed by atoms with van der Waals surface area (Å²) in [4.78, 5) is 0. The highest BCUT2D eigenvalue weighted by molar-refractivity contribution is 4.94. The van der Waals surface area contributed by atoms with Gasteiger partial charge in [-0.3, -0.25) is 0 Å². The summed E-state index contributed by atoms with van der Waals surface area (Å²) in [6.45, 7) is 8.45. The molecule has 1 rings (SSSR count). The Bertz CT molecular complexity index is 122. The van der Waals surface area contributed by atoms with E-state index in [1.54, 1.807) is 0 Å². The molecule has 1 atom stereocenters. The van der Waals surface area contributed by atoms with Crippen molar-refractivity contribution in [2.45, 2.75) is 39.5 Å². The van der Waals surface area contributed by atoms with Crippen LogP contribution in [0, 0.1) is 11.3 Å². The van der Waals surface area contributed by atoms with Crippen LogP contribution >= 0.6 is 0 Å². The van der Waals surface area contributed by atoms with Gasteiger partial charge in [0.15, 0.2) is 0 Å². The standard InChI is InChI=1S/C10H18/c1-4-5-6-7-9-8-10(9,2)3/h4,9H,1,5-8H2,2-3H3. The zero-order chi connectivity index (χ0) is 7.61. The SMILES string of the molecule is C=CCCCC1CC1(C)C. The molecule has 0 nitrogen and oxygen atoms in total. The second-order valence-corrected chi connectivity index (χ2v) is 4.11. The van der Waals surface area contributed by atoms with Gasteiger partial charge in [-0.05, 0) is 37.0 Å². The second-order valence-electron chi connectivity index (χ2n) is 4.11. The van der Waals surface area contributed by atoms with Gasteiger partial charge >= 0.3 is 0 Å². The fourth-order valence-corrected chi connectivity index (χ4v) is 1.58. The van der Waals surface area contributed by atoms with Gasteiger partial charge in [-0.25, -0.2) is 0 Å². The van der Waals surface area contributed by atoms with E-state index in [0.717, 1.165) is 5.92 Å². The zero-order valence-corrected chi connectivity index (χ0v) is 7.19. The van der Waals surface area contributed by atoms with E-state index in [4.69, 9.17) is 0 Å². The van der Waals surface area contributed by atoms with Crippen molar-refractivity contribution >= 4 is 0 Å². The third-order valence-corrected chi connectivity index (χ3v) is 2.68. The largest absolute Gasteiger partial charge is 0.103 e. The van der Waals surface area contributed by atoms with Gasteiger partial charge in [-0.15, -0.1) is 6.58 Å². The summed E-state index contributed by atoms with van der Waals surface area (Å²) in [5, 5.41) is 0. The van der Waals surface area contributed by atoms with E-state index < -0.39 is 0 Å². The minimum atomic E-state index is 0.682. The first kappa shape index (κ1) is 7.84. The van der Waals surface area contributed by atoms with Gasteiger partial charge < -0.3 is 0 Å². The molecule has 1 saturated carbocycles. The normalized spacial score (nSPS) is 28.0. The number of hydrogen-bond acceptors (Lipinski definition) is 0. The fraction of sp³-hybridized carbons (Fsp3) is 0.800. The molecule has 0 heteroatoms. The average molecular weight is 138 g/mol. The quantitative estimate of drug-likeness (QED) is 0.412. The first-order valence-electron chi connectivity index (χ1n) is 4.28. The van der Waals surface area contributed by atoms with E-state index in [0.29, 0.717) is 5.41 Å². The predicted octanol–water partition coefficient (Wildman–Crippen LogP) is 3.39. The molecule has 0 heterocycles. The molecule has 0 amide bonds. The monoisotopic (exact) mass is 138 g/mol. The van der Waals surface area contributed by atoms with Crippen LogP contribution in [0.5, 0.6) is 0 Å². The molecular formula is C10H18. The summed E-state index contributed by atoms with van der Waals surface area (Å²) in [6.07, 6.45) is 7.43. The third-order valence-electron chi connectivity index (χ3n) is 2.68. The molecular weight excluding hydrogens is 120 g/mol. The van der Waals surface area contributed by atoms with Gasteiger partial charge in [-0.2, -0.15) is 0 Å². The van der Waals surface area contributed by atoms with Crippen LogP contribution in [-0.4, -0.2) is 0 Å². The Hall–Kier alpha value is -0.260. The van der Waals surface area contributed by atoms with Crippen LogP contribution in [0.3, 0.4) is 0 Å². The van der Waals surface area contributed by atoms with E-state index in [-0.39, 0.29) is 0 Å². The number of hydrogen-bond donors (Lipinski definition) is 0. The Labute approximate surface area is 64.3 Å². The lowest BCUT2D eigenvalue weighted by Gasteiger charge is -2.00. The number of rotatable bonds is 4. The molecule has 1 aliphatic rings. The zero-order valence-electron chi connectivity index (χ0n) is 7.19. The molecule has 0 spiro atoms. The summed E-state index contributed by atoms with van der Waals surface area (Å²) >= 11 is 0. The average Bonchev–Trinajstić information content (AvgIpc) is 2.41. The van der Waals surface area contributed by atoms with Crippen molar-refractivity contribution in [1.82, 2.24) is 0 Å². The lowest BCUT2D eigenvalue weighted by atomic mass is 10.1. The maximum absolute atomic E-state index is 3.71. The third kappa shape index (κ3) is 1.86. The highest BCUT2D eigenvalue weighted by Gasteiger charge is 2.44. The number of allylic oxidation sites excluding steroid dienone is 1. The molecule has 0 aromatic carbocycles. The lowest BCUT2D eigenvalue weighted by Crippen LogP contribution is -1.89. The van der Waals surface area contributed by atoms with Crippen LogP contribution in [0.4, 0.5) is 0 Å². The van der Waals surface area contributed by atoms with Crippen molar-refractivity contribution in [3.8, 4) is 0 Å². The van der Waals surface area contributed by atoms with E-state index in [2.05, 4.69) is 20.4 Å². The van der Waals surface area contributed by atoms with E-state index >= 15 is 0 Å². The lowest BCUT2D eigenvalue weighted by molar-refractivity contribution is 0.520. The molecule has 0 saturated heterocycles. The molecule has 58 valence electrons. The summed E-state index contributed by atoms with van der Waals surface area (Å²) in [5.74, 6) is 1.02. The van der Waals surface area contributed by atoms with Crippen molar-refractivity contribution < 1.29 is 0 Å². The summed E-state index contributed by atoms with van der Waals surface area (Å²) in [5.41, 5.74) is 0.682. The first-order valence-corrected chi connectivity index (χ1v) is 4.28. The van der Waals surface area contributed by atoms with Crippen molar-refractivity contribution in [3.63, 3.8) is 0 Å². The first-order chi connectivity index (χ1) is 4.67. The summed E-state index contributed by atoms with van der Waals surface area (Å²) in [6, 6.07) is 0. The minimum absolute atomic E-state index is 0.682. The minimum Gasteiger partial charge on any atom is -0.103 e. The second kappa shape index (κ2) is 2.77. The molecule has 10 heavy (non-hydrogen) atoms. The van der Waals surface area contributed by atoms with E-state index in [9.17, 15) is 0 Å². The number of unbranched alkanes of at least 4 members (excludes halogenated alkanes) is 1.